The van der Waals surface area contributed by atoms with Gasteiger partial charge in [-0.05, 0) is 68.4 Å². The maximum atomic E-state index is 13.7. The average molecular weight is 343 g/mol. The molecule has 0 N–H and O–H groups in total. The zero-order valence-corrected chi connectivity index (χ0v) is 14.3. The van der Waals surface area contributed by atoms with Crippen molar-refractivity contribution >= 4 is 16.9 Å². The third-order valence-corrected chi connectivity index (χ3v) is 5.75. The third-order valence-electron chi connectivity index (χ3n) is 5.75. The van der Waals surface area contributed by atoms with Gasteiger partial charge in [-0.3, -0.25) is 9.78 Å². The van der Waals surface area contributed by atoms with E-state index in [-0.39, 0.29) is 23.3 Å². The standard InChI is InChI=1S/C20H22FNO3/c1-2-24-19(23)17-12-25-20(17)8-5-13(6-9-20)15-7-10-22-18-4-3-14(21)11-16(15)18/h3-4,7,10-11,13,17H,2,5-6,8-9,12H2,1H3. The lowest BCUT2D eigenvalue weighted by atomic mass is 9.67. The first-order valence-corrected chi connectivity index (χ1v) is 8.98. The Kier molecular flexibility index (Phi) is 4.20. The summed E-state index contributed by atoms with van der Waals surface area (Å²) in [5.41, 5.74) is 1.62. The molecule has 1 saturated carbocycles. The predicted octanol–water partition coefficient (Wildman–Crippen LogP) is 3.98. The second-order valence-electron chi connectivity index (χ2n) is 7.02. The van der Waals surface area contributed by atoms with E-state index < -0.39 is 0 Å². The van der Waals surface area contributed by atoms with E-state index in [1.165, 1.54) is 6.07 Å². The zero-order chi connectivity index (χ0) is 17.4. The lowest BCUT2D eigenvalue weighted by Crippen LogP contribution is -2.58. The Morgan fingerprint density at radius 2 is 2.16 bits per heavy atom. The van der Waals surface area contributed by atoms with Gasteiger partial charge in [0.25, 0.3) is 0 Å². The number of rotatable bonds is 3. The number of hydrogen-bond donors (Lipinski definition) is 0. The molecule has 4 rings (SSSR count). The summed E-state index contributed by atoms with van der Waals surface area (Å²) < 4.78 is 24.7. The van der Waals surface area contributed by atoms with E-state index >= 15 is 0 Å². The molecule has 1 unspecified atom stereocenters. The Morgan fingerprint density at radius 3 is 2.84 bits per heavy atom. The number of fused-ring (bicyclic) bond motifs is 1. The molecular formula is C20H22FNO3. The number of esters is 1. The summed E-state index contributed by atoms with van der Waals surface area (Å²) in [5.74, 6) is -0.174. The van der Waals surface area contributed by atoms with Gasteiger partial charge in [0.15, 0.2) is 0 Å². The number of halogens is 1. The minimum atomic E-state index is -0.350. The maximum Gasteiger partial charge on any atom is 0.314 e. The van der Waals surface area contributed by atoms with Crippen molar-refractivity contribution in [2.45, 2.75) is 44.1 Å². The van der Waals surface area contributed by atoms with Crippen LogP contribution in [0.25, 0.3) is 10.9 Å². The molecule has 1 aromatic heterocycles. The molecule has 25 heavy (non-hydrogen) atoms. The Hall–Kier alpha value is -2.01. The monoisotopic (exact) mass is 343 g/mol. The van der Waals surface area contributed by atoms with Crippen LogP contribution in [0.4, 0.5) is 4.39 Å². The van der Waals surface area contributed by atoms with Crippen LogP contribution in [0.1, 0.15) is 44.1 Å². The predicted molar refractivity (Wildman–Crippen MR) is 91.7 cm³/mol. The van der Waals surface area contributed by atoms with E-state index in [1.54, 1.807) is 18.3 Å². The molecule has 1 spiro atoms. The van der Waals surface area contributed by atoms with E-state index in [1.807, 2.05) is 13.0 Å². The van der Waals surface area contributed by atoms with E-state index in [9.17, 15) is 9.18 Å². The minimum Gasteiger partial charge on any atom is -0.466 e. The fourth-order valence-corrected chi connectivity index (χ4v) is 4.33. The van der Waals surface area contributed by atoms with Crippen molar-refractivity contribution in [3.63, 3.8) is 0 Å². The van der Waals surface area contributed by atoms with Gasteiger partial charge >= 0.3 is 5.97 Å². The molecule has 4 nitrogen and oxygen atoms in total. The lowest BCUT2D eigenvalue weighted by Gasteiger charge is -2.51. The van der Waals surface area contributed by atoms with Gasteiger partial charge in [-0.15, -0.1) is 0 Å². The number of benzene rings is 1. The van der Waals surface area contributed by atoms with Crippen LogP contribution in [0.2, 0.25) is 0 Å². The molecule has 1 aliphatic carbocycles. The fraction of sp³-hybridized carbons (Fsp3) is 0.500. The van der Waals surface area contributed by atoms with Crippen LogP contribution in [0.3, 0.4) is 0 Å². The fourth-order valence-electron chi connectivity index (χ4n) is 4.33. The molecule has 2 aliphatic rings. The van der Waals surface area contributed by atoms with Gasteiger partial charge < -0.3 is 9.47 Å². The van der Waals surface area contributed by atoms with Crippen LogP contribution in [-0.2, 0) is 14.3 Å². The number of pyridine rings is 1. The van der Waals surface area contributed by atoms with Crippen molar-refractivity contribution in [3.05, 3.63) is 41.8 Å². The highest BCUT2D eigenvalue weighted by molar-refractivity contribution is 5.82. The van der Waals surface area contributed by atoms with Crippen molar-refractivity contribution in [1.29, 1.82) is 0 Å². The van der Waals surface area contributed by atoms with Gasteiger partial charge in [-0.25, -0.2) is 4.39 Å². The van der Waals surface area contributed by atoms with E-state index in [4.69, 9.17) is 9.47 Å². The normalized spacial score (nSPS) is 28.7. The number of nitrogens with zero attached hydrogens (tertiary/aromatic N) is 1. The lowest BCUT2D eigenvalue weighted by molar-refractivity contribution is -0.231. The van der Waals surface area contributed by atoms with Crippen molar-refractivity contribution in [2.75, 3.05) is 13.2 Å². The quantitative estimate of drug-likeness (QED) is 0.791. The molecule has 0 amide bonds. The maximum absolute atomic E-state index is 13.7. The Morgan fingerprint density at radius 1 is 1.36 bits per heavy atom. The Labute approximate surface area is 146 Å². The molecule has 2 heterocycles. The molecule has 132 valence electrons. The average Bonchev–Trinajstić information content (AvgIpc) is 2.60. The third kappa shape index (κ3) is 2.80. The molecular weight excluding hydrogens is 321 g/mol. The van der Waals surface area contributed by atoms with E-state index in [0.29, 0.717) is 19.1 Å². The summed E-state index contributed by atoms with van der Waals surface area (Å²) in [6.45, 7) is 2.70. The van der Waals surface area contributed by atoms with Gasteiger partial charge in [0.2, 0.25) is 0 Å². The molecule has 5 heteroatoms. The summed E-state index contributed by atoms with van der Waals surface area (Å²) in [6.07, 6.45) is 5.30. The van der Waals surface area contributed by atoms with Gasteiger partial charge in [-0.1, -0.05) is 0 Å². The highest BCUT2D eigenvalue weighted by atomic mass is 19.1. The topological polar surface area (TPSA) is 48.4 Å². The molecule has 1 aliphatic heterocycles. The van der Waals surface area contributed by atoms with Gasteiger partial charge in [0.05, 0.1) is 24.3 Å². The highest BCUT2D eigenvalue weighted by Crippen LogP contribution is 2.49. The summed E-state index contributed by atoms with van der Waals surface area (Å²) in [6, 6.07) is 6.74. The van der Waals surface area contributed by atoms with E-state index in [2.05, 4.69) is 4.98 Å². The number of ether oxygens (including phenoxy) is 2. The van der Waals surface area contributed by atoms with Crippen molar-refractivity contribution in [3.8, 4) is 0 Å². The first-order chi connectivity index (χ1) is 12.1. The molecule has 0 bridgehead atoms. The summed E-state index contributed by atoms with van der Waals surface area (Å²) >= 11 is 0. The van der Waals surface area contributed by atoms with Crippen LogP contribution in [0, 0.1) is 11.7 Å². The molecule has 0 radical (unpaired) electrons. The molecule has 1 aromatic carbocycles. The minimum absolute atomic E-state index is 0.136. The van der Waals surface area contributed by atoms with Crippen molar-refractivity contribution < 1.29 is 18.7 Å². The molecule has 1 saturated heterocycles. The number of hydrogen-bond acceptors (Lipinski definition) is 4. The summed E-state index contributed by atoms with van der Waals surface area (Å²) in [7, 11) is 0. The summed E-state index contributed by atoms with van der Waals surface area (Å²) in [4.78, 5) is 16.4. The molecule has 2 aromatic rings. The Balaban J connectivity index is 1.53. The molecule has 1 atom stereocenters. The van der Waals surface area contributed by atoms with E-state index in [0.717, 1.165) is 42.1 Å². The van der Waals surface area contributed by atoms with Gasteiger partial charge in [0, 0.05) is 11.6 Å². The second-order valence-corrected chi connectivity index (χ2v) is 7.02. The smallest absolute Gasteiger partial charge is 0.314 e. The first kappa shape index (κ1) is 16.5. The second kappa shape index (κ2) is 6.37. The van der Waals surface area contributed by atoms with Crippen LogP contribution < -0.4 is 0 Å². The first-order valence-electron chi connectivity index (χ1n) is 8.98. The number of carbonyl (C=O) groups excluding carboxylic acids is 1. The Bertz CT molecular complexity index is 799. The van der Waals surface area contributed by atoms with Crippen LogP contribution in [0.15, 0.2) is 30.5 Å². The largest absolute Gasteiger partial charge is 0.466 e. The number of carbonyl (C=O) groups is 1. The van der Waals surface area contributed by atoms with Crippen molar-refractivity contribution in [1.82, 2.24) is 4.98 Å². The van der Waals surface area contributed by atoms with Crippen LogP contribution in [-0.4, -0.2) is 29.8 Å². The zero-order valence-electron chi connectivity index (χ0n) is 14.3. The SMILES string of the molecule is CCOC(=O)C1COC12CCC(c1ccnc3ccc(F)cc13)CC2. The molecule has 2 fully saturated rings. The number of aromatic nitrogens is 1. The van der Waals surface area contributed by atoms with Crippen molar-refractivity contribution in [2.24, 2.45) is 5.92 Å². The summed E-state index contributed by atoms with van der Waals surface area (Å²) in [5, 5.41) is 0.889. The highest BCUT2D eigenvalue weighted by Gasteiger charge is 2.54. The van der Waals surface area contributed by atoms with Gasteiger partial charge in [-0.2, -0.15) is 0 Å². The van der Waals surface area contributed by atoms with Crippen LogP contribution >= 0.6 is 0 Å². The van der Waals surface area contributed by atoms with Gasteiger partial charge in [0.1, 0.15) is 11.7 Å². The van der Waals surface area contributed by atoms with Crippen LogP contribution in [0.5, 0.6) is 0 Å².